The van der Waals surface area contributed by atoms with Crippen molar-refractivity contribution in [3.8, 4) is 17.6 Å². The molecule has 2 aromatic heterocycles. The number of aromatic nitrogens is 2. The molecule has 39 heavy (non-hydrogen) atoms. The number of carbonyl (C=O) groups is 1. The SMILES string of the molecule is CC(C)(C)c1cc(NC(=O)Nc2ccc(C#Cc3nc4cc(OCCN5CCOCC5)ccc4s3)cc2)no1. The highest BCUT2D eigenvalue weighted by Gasteiger charge is 2.20. The highest BCUT2D eigenvalue weighted by atomic mass is 32.1. The predicted octanol–water partition coefficient (Wildman–Crippen LogP) is 5.34. The Morgan fingerprint density at radius 2 is 1.87 bits per heavy atom. The summed E-state index contributed by atoms with van der Waals surface area (Å²) in [6.07, 6.45) is 0. The lowest BCUT2D eigenvalue weighted by Gasteiger charge is -2.26. The van der Waals surface area contributed by atoms with Gasteiger partial charge in [-0.1, -0.05) is 31.8 Å². The summed E-state index contributed by atoms with van der Waals surface area (Å²) in [4.78, 5) is 19.3. The molecule has 0 unspecified atom stereocenters. The molecule has 10 heteroatoms. The quantitative estimate of drug-likeness (QED) is 0.316. The van der Waals surface area contributed by atoms with Crippen molar-refractivity contribution in [2.45, 2.75) is 26.2 Å². The average molecular weight is 546 g/mol. The predicted molar refractivity (Wildman–Crippen MR) is 153 cm³/mol. The smallest absolute Gasteiger partial charge is 0.324 e. The lowest BCUT2D eigenvalue weighted by molar-refractivity contribution is 0.0322. The van der Waals surface area contributed by atoms with Crippen molar-refractivity contribution in [1.82, 2.24) is 15.0 Å². The molecule has 202 valence electrons. The summed E-state index contributed by atoms with van der Waals surface area (Å²) in [6.45, 7) is 11.0. The normalized spacial score (nSPS) is 14.0. The average Bonchev–Trinajstić information content (AvgIpc) is 3.55. The molecular formula is C29H31N5O4S. The van der Waals surface area contributed by atoms with Crippen molar-refractivity contribution in [2.75, 3.05) is 50.1 Å². The van der Waals surface area contributed by atoms with E-state index in [0.717, 1.165) is 59.4 Å². The van der Waals surface area contributed by atoms with E-state index in [1.807, 2.05) is 51.1 Å². The Morgan fingerprint density at radius 3 is 2.62 bits per heavy atom. The topological polar surface area (TPSA) is 102 Å². The number of hydrogen-bond acceptors (Lipinski definition) is 8. The van der Waals surface area contributed by atoms with Crippen LogP contribution < -0.4 is 15.4 Å². The van der Waals surface area contributed by atoms with Crippen LogP contribution in [0.4, 0.5) is 16.3 Å². The van der Waals surface area contributed by atoms with Crippen molar-refractivity contribution in [3.05, 3.63) is 64.9 Å². The van der Waals surface area contributed by atoms with Gasteiger partial charge >= 0.3 is 6.03 Å². The van der Waals surface area contributed by atoms with E-state index in [9.17, 15) is 4.79 Å². The fourth-order valence-corrected chi connectivity index (χ4v) is 4.70. The molecule has 9 nitrogen and oxygen atoms in total. The molecule has 1 aliphatic heterocycles. The number of amides is 2. The summed E-state index contributed by atoms with van der Waals surface area (Å²) in [5.41, 5.74) is 2.14. The first-order chi connectivity index (χ1) is 18.8. The second-order valence-electron chi connectivity index (χ2n) is 10.2. The molecule has 4 aromatic rings. The molecule has 0 saturated carbocycles. The number of hydrogen-bond donors (Lipinski definition) is 2. The number of rotatable bonds is 6. The Labute approximate surface area is 231 Å². The van der Waals surface area contributed by atoms with Gasteiger partial charge in [0.25, 0.3) is 0 Å². The van der Waals surface area contributed by atoms with E-state index in [4.69, 9.17) is 14.0 Å². The summed E-state index contributed by atoms with van der Waals surface area (Å²) < 4.78 is 17.7. The first kappa shape index (κ1) is 26.7. The maximum absolute atomic E-state index is 12.3. The molecular weight excluding hydrogens is 514 g/mol. The Balaban J connectivity index is 1.14. The Morgan fingerprint density at radius 1 is 1.08 bits per heavy atom. The summed E-state index contributed by atoms with van der Waals surface area (Å²) in [6, 6.07) is 14.6. The van der Waals surface area contributed by atoms with E-state index in [-0.39, 0.29) is 5.41 Å². The van der Waals surface area contributed by atoms with Gasteiger partial charge in [-0.15, -0.1) is 11.3 Å². The first-order valence-corrected chi connectivity index (χ1v) is 13.6. The molecule has 0 atom stereocenters. The van der Waals surface area contributed by atoms with E-state index in [1.165, 1.54) is 0 Å². The number of thiazole rings is 1. The number of nitrogens with zero attached hydrogens (tertiary/aromatic N) is 3. The van der Waals surface area contributed by atoms with Gasteiger partial charge in [0.2, 0.25) is 0 Å². The van der Waals surface area contributed by atoms with E-state index in [2.05, 4.69) is 37.5 Å². The number of benzene rings is 2. The Kier molecular flexibility index (Phi) is 8.12. The number of carbonyl (C=O) groups excluding carboxylic acids is 1. The zero-order valence-corrected chi connectivity index (χ0v) is 23.1. The molecule has 1 aliphatic rings. The highest BCUT2D eigenvalue weighted by Crippen LogP contribution is 2.26. The standard InChI is InChI=1S/C29H31N5O4S/c1-29(2,3)25-19-26(33-38-25)32-28(35)30-21-7-4-20(5-8-21)6-11-27-31-23-18-22(9-10-24(23)39-27)37-17-14-34-12-15-36-16-13-34/h4-5,7-10,18-19H,12-17H2,1-3H3,(H2,30,32,33,35). The van der Waals surface area contributed by atoms with Gasteiger partial charge in [0, 0.05) is 48.4 Å². The van der Waals surface area contributed by atoms with Crippen LogP contribution in [0.1, 0.15) is 37.1 Å². The minimum absolute atomic E-state index is 0.188. The van der Waals surface area contributed by atoms with Crippen molar-refractivity contribution in [2.24, 2.45) is 0 Å². The third-order valence-electron chi connectivity index (χ3n) is 6.09. The maximum atomic E-state index is 12.3. The number of morpholine rings is 1. The molecule has 5 rings (SSSR count). The zero-order chi connectivity index (χ0) is 27.2. The fourth-order valence-electron chi connectivity index (χ4n) is 3.90. The first-order valence-electron chi connectivity index (χ1n) is 12.8. The van der Waals surface area contributed by atoms with Crippen LogP contribution in [0.15, 0.2) is 53.1 Å². The zero-order valence-electron chi connectivity index (χ0n) is 22.2. The molecule has 0 aliphatic carbocycles. The molecule has 3 heterocycles. The molecule has 0 spiro atoms. The minimum atomic E-state index is -0.401. The van der Waals surface area contributed by atoms with Crippen LogP contribution in [-0.4, -0.2) is 60.5 Å². The second-order valence-corrected chi connectivity index (χ2v) is 11.2. The van der Waals surface area contributed by atoms with Crippen LogP contribution >= 0.6 is 11.3 Å². The molecule has 1 fully saturated rings. The van der Waals surface area contributed by atoms with Crippen LogP contribution in [0.2, 0.25) is 0 Å². The summed E-state index contributed by atoms with van der Waals surface area (Å²) in [5, 5.41) is 10.1. The van der Waals surface area contributed by atoms with Gasteiger partial charge in [-0.25, -0.2) is 9.78 Å². The number of urea groups is 1. The van der Waals surface area contributed by atoms with Gasteiger partial charge in [-0.05, 0) is 42.3 Å². The Bertz CT molecular complexity index is 1490. The molecule has 2 aromatic carbocycles. The van der Waals surface area contributed by atoms with Gasteiger partial charge in [-0.3, -0.25) is 10.2 Å². The van der Waals surface area contributed by atoms with Crippen LogP contribution in [0, 0.1) is 11.8 Å². The summed E-state index contributed by atoms with van der Waals surface area (Å²) in [7, 11) is 0. The van der Waals surface area contributed by atoms with Crippen LogP contribution in [0.25, 0.3) is 10.2 Å². The summed E-state index contributed by atoms with van der Waals surface area (Å²) in [5.74, 6) is 8.16. The number of anilines is 2. The van der Waals surface area contributed by atoms with E-state index < -0.39 is 6.03 Å². The van der Waals surface area contributed by atoms with Crippen molar-refractivity contribution in [1.29, 1.82) is 0 Å². The molecule has 0 radical (unpaired) electrons. The fraction of sp³-hybridized carbons (Fsp3) is 0.345. The lowest BCUT2D eigenvalue weighted by atomic mass is 9.93. The molecule has 1 saturated heterocycles. The number of ether oxygens (including phenoxy) is 2. The third kappa shape index (κ3) is 7.35. The van der Waals surface area contributed by atoms with Crippen LogP contribution in [0.3, 0.4) is 0 Å². The van der Waals surface area contributed by atoms with Gasteiger partial charge in [0.15, 0.2) is 10.8 Å². The van der Waals surface area contributed by atoms with E-state index in [1.54, 1.807) is 29.5 Å². The third-order valence-corrected chi connectivity index (χ3v) is 7.04. The Hall–Kier alpha value is -3.91. The minimum Gasteiger partial charge on any atom is -0.492 e. The van der Waals surface area contributed by atoms with Crippen LogP contribution in [0.5, 0.6) is 5.75 Å². The number of fused-ring (bicyclic) bond motifs is 1. The van der Waals surface area contributed by atoms with Crippen LogP contribution in [-0.2, 0) is 10.2 Å². The van der Waals surface area contributed by atoms with E-state index >= 15 is 0 Å². The van der Waals surface area contributed by atoms with Gasteiger partial charge in [-0.2, -0.15) is 0 Å². The monoisotopic (exact) mass is 545 g/mol. The molecule has 0 bridgehead atoms. The van der Waals surface area contributed by atoms with Gasteiger partial charge in [0.05, 0.1) is 23.4 Å². The van der Waals surface area contributed by atoms with Gasteiger partial charge in [0.1, 0.15) is 18.1 Å². The summed E-state index contributed by atoms with van der Waals surface area (Å²) >= 11 is 1.55. The van der Waals surface area contributed by atoms with Crippen molar-refractivity contribution < 1.29 is 18.8 Å². The van der Waals surface area contributed by atoms with Crippen molar-refractivity contribution in [3.63, 3.8) is 0 Å². The van der Waals surface area contributed by atoms with Gasteiger partial charge < -0.3 is 19.3 Å². The second kappa shape index (κ2) is 11.9. The number of nitrogens with one attached hydrogen (secondary N) is 2. The van der Waals surface area contributed by atoms with E-state index in [0.29, 0.717) is 23.9 Å². The largest absolute Gasteiger partial charge is 0.492 e. The molecule has 2 amide bonds. The highest BCUT2D eigenvalue weighted by molar-refractivity contribution is 7.19. The maximum Gasteiger partial charge on any atom is 0.324 e. The van der Waals surface area contributed by atoms with Crippen molar-refractivity contribution >= 4 is 39.1 Å². The molecule has 2 N–H and O–H groups in total. The lowest BCUT2D eigenvalue weighted by Crippen LogP contribution is -2.38.